The van der Waals surface area contributed by atoms with Crippen molar-refractivity contribution < 1.29 is 29.3 Å². The van der Waals surface area contributed by atoms with E-state index in [-0.39, 0.29) is 19.6 Å². The summed E-state index contributed by atoms with van der Waals surface area (Å²) in [7, 11) is 0. The van der Waals surface area contributed by atoms with Crippen LogP contribution in [0.25, 0.3) is 0 Å². The van der Waals surface area contributed by atoms with Crippen LogP contribution < -0.4 is 0 Å². The Morgan fingerprint density at radius 3 is 0.873 bits per heavy atom. The van der Waals surface area contributed by atoms with E-state index in [4.69, 9.17) is 9.47 Å². The zero-order valence-electron chi connectivity index (χ0n) is 47.8. The number of esters is 2. The summed E-state index contributed by atoms with van der Waals surface area (Å²) in [6.45, 7) is 1.21. The quantitative estimate of drug-likeness (QED) is 0.0358. The molecule has 2 N–H and O–H groups in total. The number of cyclic esters (lactones) is 2. The predicted molar refractivity (Wildman–Crippen MR) is 306 cm³/mol. The van der Waals surface area contributed by atoms with Crippen LogP contribution in [0.15, 0.2) is 12.2 Å². The molecule has 0 bridgehead atoms. The third kappa shape index (κ3) is 46.8. The van der Waals surface area contributed by atoms with Crippen molar-refractivity contribution in [3.63, 3.8) is 0 Å². The lowest BCUT2D eigenvalue weighted by Crippen LogP contribution is -2.40. The zero-order chi connectivity index (χ0) is 51.1. The Hall–Kier alpha value is -1.40. The van der Waals surface area contributed by atoms with E-state index in [9.17, 15) is 19.8 Å². The Labute approximate surface area is 443 Å². The molecular weight excluding hydrogens is 877 g/mol. The van der Waals surface area contributed by atoms with Gasteiger partial charge in [-0.25, -0.2) is 0 Å². The first-order chi connectivity index (χ1) is 35.1. The molecule has 1 fully saturated rings. The van der Waals surface area contributed by atoms with Gasteiger partial charge in [0.2, 0.25) is 0 Å². The SMILES string of the molecule is CCCCCCCCCCCCCCCCCCCCCCCCCCCCCCCCCCCCC/C=C/CCCCCCCCCCCCCCCCCC1CC(=O)OCC(CO)(CO)COC1=O. The standard InChI is InChI=1S/C65H124O6/c1-2-3-4-5-6-7-8-9-10-11-12-13-14-15-16-17-18-19-20-21-22-23-24-25-26-27-28-29-30-31-32-33-34-35-36-37-38-39-40-41-42-43-44-45-46-47-48-49-50-51-52-53-54-55-56-62-57-63(68)70-60-65(58-66,59-67)61-71-64(62)69/h38-39,62,66-67H,2-37,40-61H2,1H3/b39-38+. The van der Waals surface area contributed by atoms with Crippen molar-refractivity contribution in [2.24, 2.45) is 11.3 Å². The van der Waals surface area contributed by atoms with E-state index in [1.807, 2.05) is 0 Å². The Morgan fingerprint density at radius 2 is 0.606 bits per heavy atom. The van der Waals surface area contributed by atoms with Gasteiger partial charge in [-0.15, -0.1) is 0 Å². The molecule has 0 saturated carbocycles. The second-order valence-electron chi connectivity index (χ2n) is 23.1. The number of rotatable bonds is 56. The fourth-order valence-corrected chi connectivity index (χ4v) is 10.8. The van der Waals surface area contributed by atoms with Crippen LogP contribution in [0.2, 0.25) is 0 Å². The molecule has 6 heteroatoms. The minimum absolute atomic E-state index is 0.00319. The van der Waals surface area contributed by atoms with Crippen LogP contribution in [-0.4, -0.2) is 48.6 Å². The van der Waals surface area contributed by atoms with Gasteiger partial charge in [0.05, 0.1) is 31.0 Å². The Kier molecular flexibility index (Phi) is 52.2. The third-order valence-electron chi connectivity index (χ3n) is 16.0. The predicted octanol–water partition coefficient (Wildman–Crippen LogP) is 20.3. The van der Waals surface area contributed by atoms with E-state index in [1.165, 1.54) is 315 Å². The van der Waals surface area contributed by atoms with Gasteiger partial charge in [0.25, 0.3) is 0 Å². The van der Waals surface area contributed by atoms with E-state index >= 15 is 0 Å². The number of unbranched alkanes of at least 4 members (excludes halogenated alkanes) is 50. The number of hydrogen-bond acceptors (Lipinski definition) is 6. The number of aliphatic hydroxyl groups excluding tert-OH is 2. The van der Waals surface area contributed by atoms with Gasteiger partial charge in [0, 0.05) is 0 Å². The van der Waals surface area contributed by atoms with Crippen LogP contribution in [0.5, 0.6) is 0 Å². The summed E-state index contributed by atoms with van der Waals surface area (Å²) >= 11 is 0. The van der Waals surface area contributed by atoms with Gasteiger partial charge in [-0.05, 0) is 32.1 Å². The highest BCUT2D eigenvalue weighted by molar-refractivity contribution is 5.80. The summed E-state index contributed by atoms with van der Waals surface area (Å²) in [5, 5.41) is 19.2. The average molecular weight is 1000 g/mol. The Balaban J connectivity index is 1.68. The molecule has 1 heterocycles. The molecule has 6 nitrogen and oxygen atoms in total. The first-order valence-electron chi connectivity index (χ1n) is 32.3. The monoisotopic (exact) mass is 1000 g/mol. The van der Waals surface area contributed by atoms with Gasteiger partial charge in [-0.3, -0.25) is 9.59 Å². The van der Waals surface area contributed by atoms with Crippen molar-refractivity contribution >= 4 is 11.9 Å². The van der Waals surface area contributed by atoms with E-state index in [0.29, 0.717) is 6.42 Å². The van der Waals surface area contributed by atoms with Crippen molar-refractivity contribution in [1.82, 2.24) is 0 Å². The number of hydrogen-bond donors (Lipinski definition) is 2. The second-order valence-corrected chi connectivity index (χ2v) is 23.1. The lowest BCUT2D eigenvalue weighted by Gasteiger charge is -2.27. The van der Waals surface area contributed by atoms with Gasteiger partial charge in [-0.1, -0.05) is 327 Å². The highest BCUT2D eigenvalue weighted by Crippen LogP contribution is 2.25. The number of ether oxygens (including phenoxy) is 2. The summed E-state index contributed by atoms with van der Waals surface area (Å²) in [4.78, 5) is 24.7. The second kappa shape index (κ2) is 54.8. The molecule has 1 saturated heterocycles. The molecule has 0 aliphatic carbocycles. The largest absolute Gasteiger partial charge is 0.465 e. The molecule has 1 aliphatic rings. The molecule has 1 unspecified atom stereocenters. The minimum atomic E-state index is -1.12. The summed E-state index contributed by atoms with van der Waals surface area (Å²) in [6.07, 6.45) is 78.7. The number of allylic oxidation sites excluding steroid dienone is 2. The maximum absolute atomic E-state index is 12.5. The smallest absolute Gasteiger partial charge is 0.309 e. The summed E-state index contributed by atoms with van der Waals surface area (Å²) in [5.74, 6) is -1.40. The van der Waals surface area contributed by atoms with E-state index in [1.54, 1.807) is 0 Å². The molecular formula is C65H124O6. The first-order valence-corrected chi connectivity index (χ1v) is 32.3. The zero-order valence-corrected chi connectivity index (χ0v) is 47.8. The maximum atomic E-state index is 12.5. The fraction of sp³-hybridized carbons (Fsp3) is 0.938. The molecule has 71 heavy (non-hydrogen) atoms. The summed E-state index contributed by atoms with van der Waals surface area (Å²) < 4.78 is 10.6. The Bertz CT molecular complexity index is 1120. The van der Waals surface area contributed by atoms with Crippen LogP contribution in [0.4, 0.5) is 0 Å². The molecule has 0 aromatic heterocycles. The average Bonchev–Trinajstić information content (AvgIpc) is 3.44. The molecule has 1 atom stereocenters. The van der Waals surface area contributed by atoms with Crippen LogP contribution in [0.1, 0.15) is 354 Å². The fourth-order valence-electron chi connectivity index (χ4n) is 10.8. The van der Waals surface area contributed by atoms with Gasteiger partial charge >= 0.3 is 11.9 Å². The number of carbonyl (C=O) groups is 2. The molecule has 1 rings (SSSR count). The molecule has 0 radical (unpaired) electrons. The van der Waals surface area contributed by atoms with Crippen molar-refractivity contribution in [3.05, 3.63) is 12.2 Å². The normalized spacial score (nSPS) is 15.3. The summed E-state index contributed by atoms with van der Waals surface area (Å²) in [5.41, 5.74) is -1.12. The van der Waals surface area contributed by atoms with Crippen molar-refractivity contribution in [1.29, 1.82) is 0 Å². The van der Waals surface area contributed by atoms with E-state index in [0.717, 1.165) is 19.3 Å². The van der Waals surface area contributed by atoms with Crippen molar-refractivity contribution in [2.45, 2.75) is 354 Å². The molecule has 0 spiro atoms. The third-order valence-corrected chi connectivity index (χ3v) is 16.0. The van der Waals surface area contributed by atoms with Crippen molar-refractivity contribution in [2.75, 3.05) is 26.4 Å². The highest BCUT2D eigenvalue weighted by atomic mass is 16.6. The maximum Gasteiger partial charge on any atom is 0.309 e. The lowest BCUT2D eigenvalue weighted by atomic mass is 9.92. The molecule has 0 amide bonds. The van der Waals surface area contributed by atoms with Gasteiger partial charge < -0.3 is 19.7 Å². The lowest BCUT2D eigenvalue weighted by molar-refractivity contribution is -0.155. The first kappa shape index (κ1) is 67.6. The van der Waals surface area contributed by atoms with Gasteiger partial charge in [-0.2, -0.15) is 0 Å². The molecule has 420 valence electrons. The number of carbonyl (C=O) groups excluding carboxylic acids is 2. The summed E-state index contributed by atoms with van der Waals surface area (Å²) in [6, 6.07) is 0. The minimum Gasteiger partial charge on any atom is -0.465 e. The van der Waals surface area contributed by atoms with Gasteiger partial charge in [0.1, 0.15) is 13.2 Å². The van der Waals surface area contributed by atoms with Crippen molar-refractivity contribution in [3.8, 4) is 0 Å². The topological polar surface area (TPSA) is 93.1 Å². The molecule has 0 aromatic carbocycles. The van der Waals surface area contributed by atoms with Crippen LogP contribution in [-0.2, 0) is 19.1 Å². The Morgan fingerprint density at radius 1 is 0.366 bits per heavy atom. The van der Waals surface area contributed by atoms with Crippen LogP contribution >= 0.6 is 0 Å². The van der Waals surface area contributed by atoms with Gasteiger partial charge in [0.15, 0.2) is 0 Å². The highest BCUT2D eigenvalue weighted by Gasteiger charge is 2.36. The van der Waals surface area contributed by atoms with Crippen LogP contribution in [0, 0.1) is 11.3 Å². The number of aliphatic hydroxyl groups is 2. The van der Waals surface area contributed by atoms with E-state index in [2.05, 4.69) is 19.1 Å². The molecule has 0 aromatic rings. The van der Waals surface area contributed by atoms with Crippen LogP contribution in [0.3, 0.4) is 0 Å². The van der Waals surface area contributed by atoms with E-state index < -0.39 is 36.5 Å². The molecule has 1 aliphatic heterocycles.